The highest BCUT2D eigenvalue weighted by molar-refractivity contribution is 5.09. The van der Waals surface area contributed by atoms with E-state index in [-0.39, 0.29) is 6.10 Å². The fourth-order valence-corrected chi connectivity index (χ4v) is 3.91. The zero-order valence-corrected chi connectivity index (χ0v) is 12.2. The molecule has 0 saturated heterocycles. The van der Waals surface area contributed by atoms with E-state index >= 15 is 0 Å². The minimum atomic E-state index is 0.223. The number of hydrogen-bond donors (Lipinski definition) is 1. The van der Waals surface area contributed by atoms with Gasteiger partial charge in [0.15, 0.2) is 0 Å². The molecule has 3 heteroatoms. The first-order chi connectivity index (χ1) is 8.73. The van der Waals surface area contributed by atoms with Gasteiger partial charge >= 0.3 is 0 Å². The van der Waals surface area contributed by atoms with Gasteiger partial charge in [0, 0.05) is 18.6 Å². The van der Waals surface area contributed by atoms with E-state index in [1.54, 1.807) is 7.11 Å². The fourth-order valence-electron chi connectivity index (χ4n) is 3.91. The summed E-state index contributed by atoms with van der Waals surface area (Å²) < 4.78 is 11.4. The molecule has 3 unspecified atom stereocenters. The Morgan fingerprint density at radius 2 is 2.00 bits per heavy atom. The minimum Gasteiger partial charge on any atom is -0.382 e. The molecule has 2 saturated carbocycles. The van der Waals surface area contributed by atoms with Crippen LogP contribution in [0.3, 0.4) is 0 Å². The number of ether oxygens (including phenoxy) is 2. The molecule has 106 valence electrons. The highest BCUT2D eigenvalue weighted by Gasteiger charge is 2.55. The Balaban J connectivity index is 1.94. The third kappa shape index (κ3) is 2.73. The first kappa shape index (κ1) is 14.3. The van der Waals surface area contributed by atoms with Gasteiger partial charge in [0.05, 0.1) is 18.8 Å². The summed E-state index contributed by atoms with van der Waals surface area (Å²) in [6.07, 6.45) is 8.70. The molecule has 0 heterocycles. The predicted molar refractivity (Wildman–Crippen MR) is 73.8 cm³/mol. The monoisotopic (exact) mass is 255 g/mol. The zero-order valence-electron chi connectivity index (χ0n) is 12.2. The molecule has 2 aliphatic carbocycles. The molecular weight excluding hydrogens is 226 g/mol. The Morgan fingerprint density at radius 3 is 2.61 bits per heavy atom. The summed E-state index contributed by atoms with van der Waals surface area (Å²) in [5.41, 5.74) is 0.427. The summed E-state index contributed by atoms with van der Waals surface area (Å²) in [6.45, 7) is 6.12. The molecule has 0 aromatic rings. The molecule has 18 heavy (non-hydrogen) atoms. The predicted octanol–water partition coefficient (Wildman–Crippen LogP) is 2.74. The zero-order chi connectivity index (χ0) is 13.0. The van der Waals surface area contributed by atoms with Gasteiger partial charge in [-0.1, -0.05) is 26.2 Å². The van der Waals surface area contributed by atoms with E-state index in [9.17, 15) is 0 Å². The van der Waals surface area contributed by atoms with Crippen molar-refractivity contribution in [1.29, 1.82) is 0 Å². The van der Waals surface area contributed by atoms with Gasteiger partial charge in [0.1, 0.15) is 0 Å². The van der Waals surface area contributed by atoms with E-state index in [2.05, 4.69) is 19.2 Å². The second-order valence-corrected chi connectivity index (χ2v) is 6.03. The van der Waals surface area contributed by atoms with Crippen LogP contribution in [-0.4, -0.2) is 38.5 Å². The lowest BCUT2D eigenvalue weighted by atomic mass is 9.55. The van der Waals surface area contributed by atoms with Crippen molar-refractivity contribution in [1.82, 2.24) is 5.32 Å². The molecule has 0 amide bonds. The van der Waals surface area contributed by atoms with E-state index in [1.807, 2.05) is 0 Å². The Morgan fingerprint density at radius 1 is 1.28 bits per heavy atom. The van der Waals surface area contributed by atoms with Crippen molar-refractivity contribution >= 4 is 0 Å². The molecule has 3 nitrogen and oxygen atoms in total. The average Bonchev–Trinajstić information content (AvgIpc) is 2.39. The Bertz CT molecular complexity index is 251. The SMILES string of the molecule is CCNC1CC(OC(C)COC)C12CCCCC2. The van der Waals surface area contributed by atoms with Gasteiger partial charge in [-0.15, -0.1) is 0 Å². The lowest BCUT2D eigenvalue weighted by Crippen LogP contribution is -2.65. The first-order valence-corrected chi connectivity index (χ1v) is 7.60. The van der Waals surface area contributed by atoms with E-state index < -0.39 is 0 Å². The normalized spacial score (nSPS) is 32.2. The molecular formula is C15H29NO2. The summed E-state index contributed by atoms with van der Waals surface area (Å²) in [5.74, 6) is 0. The maximum atomic E-state index is 6.23. The third-order valence-electron chi connectivity index (χ3n) is 4.82. The lowest BCUT2D eigenvalue weighted by molar-refractivity contribution is -0.180. The standard InChI is InChI=1S/C15H29NO2/c1-4-16-13-10-14(18-12(2)11-17-3)15(13)8-6-5-7-9-15/h12-14,16H,4-11H2,1-3H3. The van der Waals surface area contributed by atoms with Crippen molar-refractivity contribution in [3.05, 3.63) is 0 Å². The average molecular weight is 255 g/mol. The second-order valence-electron chi connectivity index (χ2n) is 6.03. The largest absolute Gasteiger partial charge is 0.382 e. The molecule has 1 N–H and O–H groups in total. The topological polar surface area (TPSA) is 30.5 Å². The van der Waals surface area contributed by atoms with Crippen LogP contribution in [0.2, 0.25) is 0 Å². The van der Waals surface area contributed by atoms with Crippen molar-refractivity contribution in [3.8, 4) is 0 Å². The van der Waals surface area contributed by atoms with Crippen molar-refractivity contribution < 1.29 is 9.47 Å². The number of methoxy groups -OCH3 is 1. The molecule has 2 fully saturated rings. The van der Waals surface area contributed by atoms with Crippen LogP contribution in [0, 0.1) is 5.41 Å². The number of hydrogen-bond acceptors (Lipinski definition) is 3. The first-order valence-electron chi connectivity index (χ1n) is 7.60. The van der Waals surface area contributed by atoms with E-state index in [0.29, 0.717) is 24.2 Å². The lowest BCUT2D eigenvalue weighted by Gasteiger charge is -2.58. The Labute approximate surface area is 112 Å². The summed E-state index contributed by atoms with van der Waals surface area (Å²) in [5, 5.41) is 3.67. The molecule has 3 atom stereocenters. The fraction of sp³-hybridized carbons (Fsp3) is 1.00. The summed E-state index contributed by atoms with van der Waals surface area (Å²) in [4.78, 5) is 0. The van der Waals surface area contributed by atoms with Gasteiger partial charge in [-0.3, -0.25) is 0 Å². The van der Waals surface area contributed by atoms with Crippen LogP contribution in [-0.2, 0) is 9.47 Å². The van der Waals surface area contributed by atoms with Gasteiger partial charge < -0.3 is 14.8 Å². The Kier molecular flexibility index (Phi) is 5.05. The summed E-state index contributed by atoms with van der Waals surface area (Å²) >= 11 is 0. The number of nitrogens with one attached hydrogen (secondary N) is 1. The van der Waals surface area contributed by atoms with Gasteiger partial charge in [0.25, 0.3) is 0 Å². The summed E-state index contributed by atoms with van der Waals surface area (Å²) in [7, 11) is 1.75. The minimum absolute atomic E-state index is 0.223. The molecule has 0 aromatic heterocycles. The van der Waals surface area contributed by atoms with E-state index in [1.165, 1.54) is 38.5 Å². The van der Waals surface area contributed by atoms with Crippen LogP contribution < -0.4 is 5.32 Å². The molecule has 0 radical (unpaired) electrons. The second kappa shape index (κ2) is 6.36. The smallest absolute Gasteiger partial charge is 0.0784 e. The Hall–Kier alpha value is -0.120. The van der Waals surface area contributed by atoms with Crippen LogP contribution in [0.1, 0.15) is 52.4 Å². The van der Waals surface area contributed by atoms with Crippen molar-refractivity contribution in [3.63, 3.8) is 0 Å². The maximum Gasteiger partial charge on any atom is 0.0784 e. The summed E-state index contributed by atoms with van der Waals surface area (Å²) in [6, 6.07) is 0.683. The van der Waals surface area contributed by atoms with Crippen molar-refractivity contribution in [2.45, 2.75) is 70.6 Å². The van der Waals surface area contributed by atoms with Crippen LogP contribution in [0.15, 0.2) is 0 Å². The molecule has 2 rings (SSSR count). The van der Waals surface area contributed by atoms with Gasteiger partial charge in [-0.25, -0.2) is 0 Å². The van der Waals surface area contributed by atoms with Crippen molar-refractivity contribution in [2.75, 3.05) is 20.3 Å². The molecule has 0 bridgehead atoms. The van der Waals surface area contributed by atoms with E-state index in [0.717, 1.165) is 6.54 Å². The maximum absolute atomic E-state index is 6.23. The molecule has 0 aliphatic heterocycles. The highest BCUT2D eigenvalue weighted by atomic mass is 16.5. The third-order valence-corrected chi connectivity index (χ3v) is 4.82. The van der Waals surface area contributed by atoms with E-state index in [4.69, 9.17) is 9.47 Å². The van der Waals surface area contributed by atoms with Crippen LogP contribution in [0.4, 0.5) is 0 Å². The van der Waals surface area contributed by atoms with Crippen molar-refractivity contribution in [2.24, 2.45) is 5.41 Å². The van der Waals surface area contributed by atoms with Gasteiger partial charge in [0.2, 0.25) is 0 Å². The number of rotatable bonds is 6. The molecule has 0 aromatic carbocycles. The molecule has 1 spiro atoms. The highest BCUT2D eigenvalue weighted by Crippen LogP contribution is 2.53. The van der Waals surface area contributed by atoms with Crippen LogP contribution in [0.5, 0.6) is 0 Å². The van der Waals surface area contributed by atoms with Gasteiger partial charge in [-0.05, 0) is 32.7 Å². The van der Waals surface area contributed by atoms with Crippen LogP contribution >= 0.6 is 0 Å². The van der Waals surface area contributed by atoms with Gasteiger partial charge in [-0.2, -0.15) is 0 Å². The quantitative estimate of drug-likeness (QED) is 0.791. The molecule has 2 aliphatic rings. The van der Waals surface area contributed by atoms with Crippen LogP contribution in [0.25, 0.3) is 0 Å².